The van der Waals surface area contributed by atoms with Gasteiger partial charge in [0, 0.05) is 12.2 Å². The molecule has 2 heteroatoms. The normalized spacial score (nSPS) is 14.6. The van der Waals surface area contributed by atoms with E-state index in [2.05, 4.69) is 31.8 Å². The van der Waals surface area contributed by atoms with Gasteiger partial charge in [-0.3, -0.25) is 4.98 Å². The number of unbranched alkanes of at least 4 members (excludes halogenated alkanes) is 1. The average molecular weight is 234 g/mol. The van der Waals surface area contributed by atoms with Crippen molar-refractivity contribution in [1.29, 1.82) is 0 Å². The summed E-state index contributed by atoms with van der Waals surface area (Å²) in [6, 6.07) is 4.22. The van der Waals surface area contributed by atoms with Gasteiger partial charge in [0.15, 0.2) is 0 Å². The third kappa shape index (κ3) is 4.86. The number of aryl methyl sites for hydroxylation is 1. The van der Waals surface area contributed by atoms with E-state index in [0.29, 0.717) is 0 Å². The number of pyridine rings is 1. The summed E-state index contributed by atoms with van der Waals surface area (Å²) in [5.74, 6) is 0.743. The van der Waals surface area contributed by atoms with E-state index in [1.54, 1.807) is 0 Å². The highest BCUT2D eigenvalue weighted by molar-refractivity contribution is 5.16. The lowest BCUT2D eigenvalue weighted by Gasteiger charge is -2.19. The van der Waals surface area contributed by atoms with Crippen molar-refractivity contribution in [2.45, 2.75) is 58.9 Å². The molecule has 17 heavy (non-hydrogen) atoms. The van der Waals surface area contributed by atoms with E-state index < -0.39 is 0 Å². The second-order valence-corrected chi connectivity index (χ2v) is 5.02. The second kappa shape index (κ2) is 7.44. The molecule has 2 atom stereocenters. The number of nitrogens with zero attached hydrogens (tertiary/aromatic N) is 1. The number of nitrogens with two attached hydrogens (primary N) is 1. The van der Waals surface area contributed by atoms with Crippen LogP contribution in [0.2, 0.25) is 0 Å². The molecule has 1 aromatic rings. The third-order valence-corrected chi connectivity index (χ3v) is 3.45. The van der Waals surface area contributed by atoms with Crippen molar-refractivity contribution < 1.29 is 0 Å². The fraction of sp³-hybridized carbons (Fsp3) is 0.667. The van der Waals surface area contributed by atoms with Gasteiger partial charge in [0.2, 0.25) is 0 Å². The molecule has 1 rings (SSSR count). The topological polar surface area (TPSA) is 38.9 Å². The van der Waals surface area contributed by atoms with Gasteiger partial charge in [-0.1, -0.05) is 39.5 Å². The minimum atomic E-state index is 0.0942. The van der Waals surface area contributed by atoms with Gasteiger partial charge in [-0.2, -0.15) is 0 Å². The molecule has 0 aromatic carbocycles. The Morgan fingerprint density at radius 2 is 2.12 bits per heavy atom. The van der Waals surface area contributed by atoms with Crippen LogP contribution in [0.1, 0.15) is 63.3 Å². The van der Waals surface area contributed by atoms with Gasteiger partial charge in [0.05, 0.1) is 5.69 Å². The Labute approximate surface area is 106 Å². The summed E-state index contributed by atoms with van der Waals surface area (Å²) in [6.45, 7) is 6.60. The molecule has 2 N–H and O–H groups in total. The highest BCUT2D eigenvalue weighted by atomic mass is 14.8. The van der Waals surface area contributed by atoms with E-state index in [0.717, 1.165) is 18.0 Å². The summed E-state index contributed by atoms with van der Waals surface area (Å²) >= 11 is 0. The smallest absolute Gasteiger partial charge is 0.0573 e. The highest BCUT2D eigenvalue weighted by Crippen LogP contribution is 2.24. The van der Waals surface area contributed by atoms with Crippen LogP contribution in [0, 0.1) is 12.8 Å². The Balaban J connectivity index is 2.54. The van der Waals surface area contributed by atoms with Gasteiger partial charge in [-0.15, -0.1) is 0 Å². The van der Waals surface area contributed by atoms with E-state index in [-0.39, 0.29) is 6.04 Å². The summed E-state index contributed by atoms with van der Waals surface area (Å²) in [4.78, 5) is 4.38. The predicted octanol–water partition coefficient (Wildman–Crippen LogP) is 4.00. The first kappa shape index (κ1) is 14.2. The summed E-state index contributed by atoms with van der Waals surface area (Å²) in [5, 5.41) is 0. The molecule has 1 aromatic heterocycles. The van der Waals surface area contributed by atoms with Crippen LogP contribution in [0.5, 0.6) is 0 Å². The first-order valence-electron chi connectivity index (χ1n) is 6.85. The van der Waals surface area contributed by atoms with Gasteiger partial charge in [0.1, 0.15) is 0 Å². The Hall–Kier alpha value is -0.890. The molecule has 0 aliphatic carbocycles. The zero-order valence-corrected chi connectivity index (χ0v) is 11.4. The molecule has 2 unspecified atom stereocenters. The second-order valence-electron chi connectivity index (χ2n) is 5.02. The van der Waals surface area contributed by atoms with E-state index in [1.807, 2.05) is 12.3 Å². The molecule has 0 saturated heterocycles. The maximum Gasteiger partial charge on any atom is 0.0573 e. The fourth-order valence-electron chi connectivity index (χ4n) is 2.22. The van der Waals surface area contributed by atoms with Gasteiger partial charge in [0.25, 0.3) is 0 Å². The van der Waals surface area contributed by atoms with Gasteiger partial charge in [-0.05, 0) is 37.0 Å². The van der Waals surface area contributed by atoms with Crippen LogP contribution in [0.25, 0.3) is 0 Å². The van der Waals surface area contributed by atoms with Crippen LogP contribution in [0.4, 0.5) is 0 Å². The summed E-state index contributed by atoms with van der Waals surface area (Å²) in [6.07, 6.45) is 8.03. The van der Waals surface area contributed by atoms with Crippen molar-refractivity contribution in [3.8, 4) is 0 Å². The van der Waals surface area contributed by atoms with Crippen LogP contribution < -0.4 is 5.73 Å². The Morgan fingerprint density at radius 1 is 1.35 bits per heavy atom. The van der Waals surface area contributed by atoms with Gasteiger partial charge in [-0.25, -0.2) is 0 Å². The minimum absolute atomic E-state index is 0.0942. The number of hydrogen-bond acceptors (Lipinski definition) is 2. The van der Waals surface area contributed by atoms with Crippen molar-refractivity contribution in [3.63, 3.8) is 0 Å². The van der Waals surface area contributed by atoms with E-state index in [1.165, 1.54) is 31.2 Å². The van der Waals surface area contributed by atoms with Crippen LogP contribution >= 0.6 is 0 Å². The quantitative estimate of drug-likeness (QED) is 0.774. The molecule has 1 heterocycles. The molecule has 96 valence electrons. The Bertz CT molecular complexity index is 322. The molecule has 0 spiro atoms. The maximum atomic E-state index is 6.25. The fourth-order valence-corrected chi connectivity index (χ4v) is 2.22. The lowest BCUT2D eigenvalue weighted by molar-refractivity contribution is 0.385. The average Bonchev–Trinajstić information content (AvgIpc) is 2.34. The zero-order chi connectivity index (χ0) is 12.7. The monoisotopic (exact) mass is 234 g/mol. The SMILES string of the molecule is CCCCC(CC)CC(N)c1cc(C)ccn1. The van der Waals surface area contributed by atoms with Crippen molar-refractivity contribution in [2.75, 3.05) is 0 Å². The van der Waals surface area contributed by atoms with Crippen molar-refractivity contribution in [2.24, 2.45) is 11.7 Å². The maximum absolute atomic E-state index is 6.25. The molecule has 0 aliphatic heterocycles. The number of aromatic nitrogens is 1. The largest absolute Gasteiger partial charge is 0.323 e. The van der Waals surface area contributed by atoms with E-state index in [9.17, 15) is 0 Å². The van der Waals surface area contributed by atoms with Crippen LogP contribution in [0.15, 0.2) is 18.3 Å². The summed E-state index contributed by atoms with van der Waals surface area (Å²) < 4.78 is 0. The molecule has 2 nitrogen and oxygen atoms in total. The zero-order valence-electron chi connectivity index (χ0n) is 11.4. The lowest BCUT2D eigenvalue weighted by atomic mass is 9.91. The van der Waals surface area contributed by atoms with Crippen LogP contribution in [-0.2, 0) is 0 Å². The molecule has 0 amide bonds. The standard InChI is InChI=1S/C15H26N2/c1-4-6-7-13(5-2)11-14(16)15-10-12(3)8-9-17-15/h8-10,13-14H,4-7,11,16H2,1-3H3. The van der Waals surface area contributed by atoms with Crippen molar-refractivity contribution in [3.05, 3.63) is 29.6 Å². The molecular weight excluding hydrogens is 208 g/mol. The molecule has 0 bridgehead atoms. The third-order valence-electron chi connectivity index (χ3n) is 3.45. The van der Waals surface area contributed by atoms with Crippen LogP contribution in [-0.4, -0.2) is 4.98 Å². The molecule has 0 saturated carbocycles. The first-order valence-corrected chi connectivity index (χ1v) is 6.85. The van der Waals surface area contributed by atoms with E-state index >= 15 is 0 Å². The molecule has 0 radical (unpaired) electrons. The Kier molecular flexibility index (Phi) is 6.20. The predicted molar refractivity (Wildman–Crippen MR) is 73.8 cm³/mol. The van der Waals surface area contributed by atoms with Gasteiger partial charge >= 0.3 is 0 Å². The number of rotatable bonds is 7. The first-order chi connectivity index (χ1) is 8.17. The summed E-state index contributed by atoms with van der Waals surface area (Å²) in [5.41, 5.74) is 8.53. The van der Waals surface area contributed by atoms with Gasteiger partial charge < -0.3 is 5.73 Å². The van der Waals surface area contributed by atoms with Crippen LogP contribution in [0.3, 0.4) is 0 Å². The molecule has 0 aliphatic rings. The molecular formula is C15H26N2. The van der Waals surface area contributed by atoms with E-state index in [4.69, 9.17) is 5.73 Å². The van der Waals surface area contributed by atoms with Crippen molar-refractivity contribution in [1.82, 2.24) is 4.98 Å². The minimum Gasteiger partial charge on any atom is -0.323 e. The highest BCUT2D eigenvalue weighted by Gasteiger charge is 2.14. The van der Waals surface area contributed by atoms with Crippen molar-refractivity contribution >= 4 is 0 Å². The number of hydrogen-bond donors (Lipinski definition) is 1. The molecule has 0 fully saturated rings. The summed E-state index contributed by atoms with van der Waals surface area (Å²) in [7, 11) is 0. The lowest BCUT2D eigenvalue weighted by Crippen LogP contribution is -2.16. The Morgan fingerprint density at radius 3 is 2.71 bits per heavy atom.